The first-order valence-corrected chi connectivity index (χ1v) is 7.14. The number of alkyl halides is 3. The van der Waals surface area contributed by atoms with Crippen molar-refractivity contribution in [1.29, 1.82) is 0 Å². The monoisotopic (exact) mass is 302 g/mol. The fourth-order valence-electron chi connectivity index (χ4n) is 2.54. The maximum atomic E-state index is 12.0. The number of nitrogens with zero attached hydrogens (tertiary/aromatic N) is 1. The number of nitrogens with one attached hydrogen (secondary N) is 1. The van der Waals surface area contributed by atoms with Gasteiger partial charge in [0.1, 0.15) is 5.75 Å². The molecule has 1 N–H and O–H groups in total. The van der Waals surface area contributed by atoms with Gasteiger partial charge < -0.3 is 15.0 Å². The molecule has 1 heterocycles. The van der Waals surface area contributed by atoms with Crippen LogP contribution < -0.4 is 10.1 Å². The quantitative estimate of drug-likeness (QED) is 0.902. The molecule has 1 aliphatic heterocycles. The second-order valence-corrected chi connectivity index (χ2v) is 5.58. The standard InChI is InChI=1S/C15H21F3N2O/c1-20-8-2-3-12(10-20)9-19-13-4-6-14(7-5-13)21-11-15(16,17)18/h4-7,12,19H,2-3,8-11H2,1H3. The Morgan fingerprint density at radius 1 is 1.29 bits per heavy atom. The van der Waals surface area contributed by atoms with E-state index in [1.807, 2.05) is 0 Å². The molecule has 3 nitrogen and oxygen atoms in total. The van der Waals surface area contributed by atoms with Crippen molar-refractivity contribution in [3.8, 4) is 5.75 Å². The third kappa shape index (κ3) is 5.83. The highest BCUT2D eigenvalue weighted by molar-refractivity contribution is 5.46. The normalized spacial score (nSPS) is 20.3. The lowest BCUT2D eigenvalue weighted by molar-refractivity contribution is -0.153. The number of halogens is 3. The Labute approximate surface area is 123 Å². The predicted octanol–water partition coefficient (Wildman–Crippen LogP) is 3.38. The Hall–Kier alpha value is -1.43. The Morgan fingerprint density at radius 2 is 2.00 bits per heavy atom. The molecule has 0 amide bonds. The van der Waals surface area contributed by atoms with Crippen molar-refractivity contribution in [1.82, 2.24) is 4.90 Å². The maximum absolute atomic E-state index is 12.0. The topological polar surface area (TPSA) is 24.5 Å². The molecule has 0 radical (unpaired) electrons. The van der Waals surface area contributed by atoms with Gasteiger partial charge in [0.25, 0.3) is 0 Å². The van der Waals surface area contributed by atoms with Crippen molar-refractivity contribution >= 4 is 5.69 Å². The highest BCUT2D eigenvalue weighted by atomic mass is 19.4. The molecular formula is C15H21F3N2O. The van der Waals surface area contributed by atoms with Gasteiger partial charge in [-0.25, -0.2) is 0 Å². The van der Waals surface area contributed by atoms with Gasteiger partial charge in [-0.2, -0.15) is 13.2 Å². The summed E-state index contributed by atoms with van der Waals surface area (Å²) in [4.78, 5) is 2.32. The van der Waals surface area contributed by atoms with Gasteiger partial charge in [0.2, 0.25) is 0 Å². The van der Waals surface area contributed by atoms with Crippen LogP contribution in [-0.2, 0) is 0 Å². The zero-order valence-corrected chi connectivity index (χ0v) is 12.1. The molecule has 21 heavy (non-hydrogen) atoms. The molecule has 0 bridgehead atoms. The van der Waals surface area contributed by atoms with Crippen LogP contribution in [0.4, 0.5) is 18.9 Å². The number of ether oxygens (including phenoxy) is 1. The lowest BCUT2D eigenvalue weighted by Gasteiger charge is -2.29. The third-order valence-electron chi connectivity index (χ3n) is 3.57. The number of hydrogen-bond donors (Lipinski definition) is 1. The van der Waals surface area contributed by atoms with Gasteiger partial charge in [0, 0.05) is 18.8 Å². The fourth-order valence-corrected chi connectivity index (χ4v) is 2.54. The van der Waals surface area contributed by atoms with Crippen molar-refractivity contribution in [3.63, 3.8) is 0 Å². The van der Waals surface area contributed by atoms with E-state index >= 15 is 0 Å². The highest BCUT2D eigenvalue weighted by Gasteiger charge is 2.28. The van der Waals surface area contributed by atoms with E-state index in [0.29, 0.717) is 5.92 Å². The molecule has 0 aromatic heterocycles. The van der Waals surface area contributed by atoms with Crippen LogP contribution in [0.15, 0.2) is 24.3 Å². The molecule has 1 unspecified atom stereocenters. The summed E-state index contributed by atoms with van der Waals surface area (Å²) in [6.07, 6.45) is -1.87. The minimum atomic E-state index is -4.30. The van der Waals surface area contributed by atoms with E-state index in [9.17, 15) is 13.2 Å². The van der Waals surface area contributed by atoms with Gasteiger partial charge in [-0.05, 0) is 56.6 Å². The fraction of sp³-hybridized carbons (Fsp3) is 0.600. The number of anilines is 1. The Balaban J connectivity index is 1.77. The van der Waals surface area contributed by atoms with E-state index in [4.69, 9.17) is 0 Å². The predicted molar refractivity (Wildman–Crippen MR) is 76.7 cm³/mol. The van der Waals surface area contributed by atoms with Gasteiger partial charge in [0.05, 0.1) is 0 Å². The summed E-state index contributed by atoms with van der Waals surface area (Å²) in [5.74, 6) is 0.847. The largest absolute Gasteiger partial charge is 0.484 e. The molecule has 1 aliphatic rings. The van der Waals surface area contributed by atoms with Crippen LogP contribution in [0.2, 0.25) is 0 Å². The zero-order chi connectivity index (χ0) is 15.3. The molecule has 0 saturated carbocycles. The average Bonchev–Trinajstić information content (AvgIpc) is 2.43. The number of likely N-dealkylation sites (tertiary alicyclic amines) is 1. The second kappa shape index (κ2) is 7.02. The average molecular weight is 302 g/mol. The van der Waals surface area contributed by atoms with Gasteiger partial charge in [-0.1, -0.05) is 0 Å². The molecule has 118 valence electrons. The lowest BCUT2D eigenvalue weighted by Crippen LogP contribution is -2.35. The molecule has 0 spiro atoms. The maximum Gasteiger partial charge on any atom is 0.422 e. The van der Waals surface area contributed by atoms with Gasteiger partial charge in [-0.15, -0.1) is 0 Å². The number of benzene rings is 1. The van der Waals surface area contributed by atoms with E-state index in [1.54, 1.807) is 24.3 Å². The van der Waals surface area contributed by atoms with E-state index in [2.05, 4.69) is 22.0 Å². The summed E-state index contributed by atoms with van der Waals surface area (Å²) in [7, 11) is 2.12. The zero-order valence-electron chi connectivity index (χ0n) is 12.1. The summed E-state index contributed by atoms with van der Waals surface area (Å²) in [6, 6.07) is 6.61. The van der Waals surface area contributed by atoms with Gasteiger partial charge in [0.15, 0.2) is 6.61 Å². The van der Waals surface area contributed by atoms with E-state index < -0.39 is 12.8 Å². The molecule has 6 heteroatoms. The van der Waals surface area contributed by atoms with Crippen LogP contribution in [0.1, 0.15) is 12.8 Å². The van der Waals surface area contributed by atoms with Gasteiger partial charge in [-0.3, -0.25) is 0 Å². The highest BCUT2D eigenvalue weighted by Crippen LogP contribution is 2.21. The van der Waals surface area contributed by atoms with Crippen LogP contribution in [0.25, 0.3) is 0 Å². The Morgan fingerprint density at radius 3 is 2.62 bits per heavy atom. The van der Waals surface area contributed by atoms with Crippen molar-refractivity contribution < 1.29 is 17.9 Å². The van der Waals surface area contributed by atoms with E-state index in [1.165, 1.54) is 12.8 Å². The SMILES string of the molecule is CN1CCCC(CNc2ccc(OCC(F)(F)F)cc2)C1. The number of piperidine rings is 1. The third-order valence-corrected chi connectivity index (χ3v) is 3.57. The smallest absolute Gasteiger partial charge is 0.422 e. The summed E-state index contributed by atoms with van der Waals surface area (Å²) >= 11 is 0. The second-order valence-electron chi connectivity index (χ2n) is 5.58. The lowest BCUT2D eigenvalue weighted by atomic mass is 9.98. The number of hydrogen-bond acceptors (Lipinski definition) is 3. The van der Waals surface area contributed by atoms with Crippen LogP contribution in [0.3, 0.4) is 0 Å². The molecule has 2 rings (SSSR count). The van der Waals surface area contributed by atoms with Crippen molar-refractivity contribution in [3.05, 3.63) is 24.3 Å². The summed E-state index contributed by atoms with van der Waals surface area (Å²) in [6.45, 7) is 1.86. The summed E-state index contributed by atoms with van der Waals surface area (Å²) < 4.78 is 40.8. The van der Waals surface area contributed by atoms with Crippen molar-refractivity contribution in [2.45, 2.75) is 19.0 Å². The molecule has 1 aromatic carbocycles. The molecule has 1 aromatic rings. The molecule has 0 aliphatic carbocycles. The molecule has 1 saturated heterocycles. The van der Waals surface area contributed by atoms with E-state index in [0.717, 1.165) is 25.3 Å². The van der Waals surface area contributed by atoms with Crippen LogP contribution in [-0.4, -0.2) is 44.4 Å². The minimum Gasteiger partial charge on any atom is -0.484 e. The molecule has 1 fully saturated rings. The van der Waals surface area contributed by atoms with E-state index in [-0.39, 0.29) is 5.75 Å². The number of rotatable bonds is 5. The van der Waals surface area contributed by atoms with Crippen molar-refractivity contribution in [2.75, 3.05) is 38.6 Å². The summed E-state index contributed by atoms with van der Waals surface area (Å²) in [5, 5.41) is 3.33. The van der Waals surface area contributed by atoms with Crippen LogP contribution in [0, 0.1) is 5.92 Å². The Bertz CT molecular complexity index is 434. The first-order valence-electron chi connectivity index (χ1n) is 7.14. The first-order chi connectivity index (χ1) is 9.92. The first kappa shape index (κ1) is 15.9. The minimum absolute atomic E-state index is 0.232. The molecular weight excluding hydrogens is 281 g/mol. The summed E-state index contributed by atoms with van der Waals surface area (Å²) in [5.41, 5.74) is 0.905. The van der Waals surface area contributed by atoms with Crippen LogP contribution in [0.5, 0.6) is 5.75 Å². The Kier molecular flexibility index (Phi) is 5.33. The van der Waals surface area contributed by atoms with Gasteiger partial charge >= 0.3 is 6.18 Å². The van der Waals surface area contributed by atoms with Crippen LogP contribution >= 0.6 is 0 Å². The molecule has 1 atom stereocenters. The van der Waals surface area contributed by atoms with Crippen molar-refractivity contribution in [2.24, 2.45) is 5.92 Å².